The Bertz CT molecular complexity index is 359. The third-order valence-electron chi connectivity index (χ3n) is 3.21. The predicted molar refractivity (Wildman–Crippen MR) is 62.4 cm³/mol. The Morgan fingerprint density at radius 3 is 2.75 bits per heavy atom. The Morgan fingerprint density at radius 1 is 1.44 bits per heavy atom. The van der Waals surface area contributed by atoms with Gasteiger partial charge in [-0.05, 0) is 30.0 Å². The lowest BCUT2D eigenvalue weighted by Gasteiger charge is -2.36. The summed E-state index contributed by atoms with van der Waals surface area (Å²) in [5, 5.41) is 7.42. The summed E-state index contributed by atoms with van der Waals surface area (Å²) in [4.78, 5) is 6.26. The molecule has 0 bridgehead atoms. The summed E-state index contributed by atoms with van der Waals surface area (Å²) in [6.07, 6.45) is 2.39. The molecule has 0 saturated carbocycles. The van der Waals surface area contributed by atoms with Gasteiger partial charge in [0.15, 0.2) is 0 Å². The first-order valence-corrected chi connectivity index (χ1v) is 5.75. The second-order valence-electron chi connectivity index (χ2n) is 5.31. The summed E-state index contributed by atoms with van der Waals surface area (Å²) in [7, 11) is 3.82. The minimum absolute atomic E-state index is 0.169. The first-order chi connectivity index (χ1) is 7.50. The average Bonchev–Trinajstić information content (AvgIpc) is 2.65. The molecule has 1 N–H and O–H groups in total. The van der Waals surface area contributed by atoms with E-state index in [2.05, 4.69) is 29.3 Å². The highest BCUT2D eigenvalue weighted by Gasteiger charge is 2.37. The highest BCUT2D eigenvalue weighted by molar-refractivity contribution is 5.24. The normalized spacial score (nSPS) is 24.4. The molecular formula is C11H20N4O. The largest absolute Gasteiger partial charge is 0.344 e. The minimum atomic E-state index is 0.169. The maximum absolute atomic E-state index is 5.34. The standard InChI is InChI=1S/C11H20N4O/c1-11(2)6-5-7-12-8(11)9-13-10(14-16-9)15(3)4/h8,12H,5-7H2,1-4H3. The fourth-order valence-electron chi connectivity index (χ4n) is 2.16. The van der Waals surface area contributed by atoms with Crippen LogP contribution < -0.4 is 10.2 Å². The van der Waals surface area contributed by atoms with Gasteiger partial charge in [0.2, 0.25) is 5.89 Å². The Labute approximate surface area is 96.2 Å². The van der Waals surface area contributed by atoms with Crippen molar-refractivity contribution in [2.24, 2.45) is 5.41 Å². The van der Waals surface area contributed by atoms with Gasteiger partial charge in [-0.3, -0.25) is 0 Å². The van der Waals surface area contributed by atoms with Crippen LogP contribution in [0.2, 0.25) is 0 Å². The van der Waals surface area contributed by atoms with Crippen LogP contribution in [0.25, 0.3) is 0 Å². The molecule has 1 aromatic heterocycles. The molecule has 5 heteroatoms. The van der Waals surface area contributed by atoms with Crippen LogP contribution >= 0.6 is 0 Å². The molecule has 1 aliphatic heterocycles. The molecule has 90 valence electrons. The lowest BCUT2D eigenvalue weighted by Crippen LogP contribution is -2.39. The summed E-state index contributed by atoms with van der Waals surface area (Å²) < 4.78 is 5.34. The molecule has 0 aliphatic carbocycles. The molecule has 0 aromatic carbocycles. The van der Waals surface area contributed by atoms with E-state index in [1.807, 2.05) is 19.0 Å². The zero-order chi connectivity index (χ0) is 11.8. The second-order valence-corrected chi connectivity index (χ2v) is 5.31. The third kappa shape index (κ3) is 2.04. The topological polar surface area (TPSA) is 54.2 Å². The molecule has 1 aromatic rings. The van der Waals surface area contributed by atoms with Crippen LogP contribution in [-0.2, 0) is 0 Å². The Kier molecular flexibility index (Phi) is 2.88. The van der Waals surface area contributed by atoms with Crippen molar-refractivity contribution in [1.82, 2.24) is 15.5 Å². The van der Waals surface area contributed by atoms with E-state index in [1.54, 1.807) is 0 Å². The third-order valence-corrected chi connectivity index (χ3v) is 3.21. The van der Waals surface area contributed by atoms with E-state index in [0.29, 0.717) is 11.8 Å². The highest BCUT2D eigenvalue weighted by atomic mass is 16.5. The molecule has 16 heavy (non-hydrogen) atoms. The Hall–Kier alpha value is -1.10. The number of nitrogens with zero attached hydrogens (tertiary/aromatic N) is 3. The summed E-state index contributed by atoms with van der Waals surface area (Å²) >= 11 is 0. The first kappa shape index (κ1) is 11.4. The van der Waals surface area contributed by atoms with Crippen molar-refractivity contribution in [3.05, 3.63) is 5.89 Å². The number of nitrogens with one attached hydrogen (secondary N) is 1. The minimum Gasteiger partial charge on any atom is -0.344 e. The van der Waals surface area contributed by atoms with E-state index in [4.69, 9.17) is 4.52 Å². The molecule has 0 radical (unpaired) electrons. The van der Waals surface area contributed by atoms with E-state index in [1.165, 1.54) is 12.8 Å². The SMILES string of the molecule is CN(C)c1noc(C2NCCCC2(C)C)n1. The smallest absolute Gasteiger partial charge is 0.265 e. The van der Waals surface area contributed by atoms with E-state index >= 15 is 0 Å². The van der Waals surface area contributed by atoms with E-state index in [-0.39, 0.29) is 11.5 Å². The summed E-state index contributed by atoms with van der Waals surface area (Å²) in [6.45, 7) is 5.50. The molecule has 5 nitrogen and oxygen atoms in total. The average molecular weight is 224 g/mol. The number of hydrogen-bond acceptors (Lipinski definition) is 5. The van der Waals surface area contributed by atoms with Gasteiger partial charge in [0.25, 0.3) is 5.95 Å². The van der Waals surface area contributed by atoms with Gasteiger partial charge in [0.1, 0.15) is 0 Å². The van der Waals surface area contributed by atoms with E-state index in [9.17, 15) is 0 Å². The fourth-order valence-corrected chi connectivity index (χ4v) is 2.16. The molecule has 1 saturated heterocycles. The number of aromatic nitrogens is 2. The predicted octanol–water partition coefficient (Wildman–Crippen LogP) is 1.59. The maximum atomic E-state index is 5.34. The van der Waals surface area contributed by atoms with Crippen molar-refractivity contribution in [2.45, 2.75) is 32.7 Å². The maximum Gasteiger partial charge on any atom is 0.265 e. The molecule has 2 rings (SSSR count). The zero-order valence-electron chi connectivity index (χ0n) is 10.4. The van der Waals surface area contributed by atoms with Crippen LogP contribution in [0.3, 0.4) is 0 Å². The lowest BCUT2D eigenvalue weighted by molar-refractivity contribution is 0.146. The first-order valence-electron chi connectivity index (χ1n) is 5.75. The molecule has 0 amide bonds. The van der Waals surface area contributed by atoms with Crippen LogP contribution in [0.1, 0.15) is 38.6 Å². The highest BCUT2D eigenvalue weighted by Crippen LogP contribution is 2.39. The van der Waals surface area contributed by atoms with Crippen LogP contribution in [0.15, 0.2) is 4.52 Å². The van der Waals surface area contributed by atoms with Crippen molar-refractivity contribution in [3.8, 4) is 0 Å². The van der Waals surface area contributed by atoms with Crippen LogP contribution in [0, 0.1) is 5.41 Å². The van der Waals surface area contributed by atoms with Crippen molar-refractivity contribution in [1.29, 1.82) is 0 Å². The van der Waals surface area contributed by atoms with Gasteiger partial charge in [-0.1, -0.05) is 13.8 Å². The quantitative estimate of drug-likeness (QED) is 0.826. The van der Waals surface area contributed by atoms with Crippen molar-refractivity contribution < 1.29 is 4.52 Å². The van der Waals surface area contributed by atoms with Gasteiger partial charge in [0, 0.05) is 14.1 Å². The molecular weight excluding hydrogens is 204 g/mol. The van der Waals surface area contributed by atoms with Crippen LogP contribution in [0.5, 0.6) is 0 Å². The molecule has 2 heterocycles. The Morgan fingerprint density at radius 2 is 2.19 bits per heavy atom. The van der Waals surface area contributed by atoms with Crippen LogP contribution in [-0.4, -0.2) is 30.8 Å². The summed E-state index contributed by atoms with van der Waals surface area (Å²) in [6, 6.07) is 0.169. The molecule has 0 spiro atoms. The summed E-state index contributed by atoms with van der Waals surface area (Å²) in [5.41, 5.74) is 0.175. The molecule has 1 atom stereocenters. The van der Waals surface area contributed by atoms with Crippen LogP contribution in [0.4, 0.5) is 5.95 Å². The molecule has 1 unspecified atom stereocenters. The van der Waals surface area contributed by atoms with Gasteiger partial charge in [0.05, 0.1) is 6.04 Å². The molecule has 1 aliphatic rings. The van der Waals surface area contributed by atoms with Crippen molar-refractivity contribution in [2.75, 3.05) is 25.5 Å². The fraction of sp³-hybridized carbons (Fsp3) is 0.818. The number of anilines is 1. The van der Waals surface area contributed by atoms with Crippen molar-refractivity contribution in [3.63, 3.8) is 0 Å². The molecule has 1 fully saturated rings. The van der Waals surface area contributed by atoms with Gasteiger partial charge in [-0.25, -0.2) is 0 Å². The van der Waals surface area contributed by atoms with E-state index in [0.717, 1.165) is 6.54 Å². The zero-order valence-corrected chi connectivity index (χ0v) is 10.4. The number of hydrogen-bond donors (Lipinski definition) is 1. The van der Waals surface area contributed by atoms with Gasteiger partial charge >= 0.3 is 0 Å². The van der Waals surface area contributed by atoms with Gasteiger partial charge in [-0.15, -0.1) is 0 Å². The number of piperidine rings is 1. The van der Waals surface area contributed by atoms with Crippen molar-refractivity contribution >= 4 is 5.95 Å². The number of rotatable bonds is 2. The van der Waals surface area contributed by atoms with Gasteiger partial charge in [-0.2, -0.15) is 4.98 Å². The summed E-state index contributed by atoms with van der Waals surface area (Å²) in [5.74, 6) is 1.34. The monoisotopic (exact) mass is 224 g/mol. The van der Waals surface area contributed by atoms with Gasteiger partial charge < -0.3 is 14.7 Å². The lowest BCUT2D eigenvalue weighted by atomic mass is 9.77. The Balaban J connectivity index is 2.21. The van der Waals surface area contributed by atoms with E-state index < -0.39 is 0 Å². The second kappa shape index (κ2) is 4.05.